The highest BCUT2D eigenvalue weighted by Gasteiger charge is 2.25. The van der Waals surface area contributed by atoms with Crippen LogP contribution in [0.25, 0.3) is 0 Å². The molecule has 1 unspecified atom stereocenters. The molecule has 0 aliphatic carbocycles. The topological polar surface area (TPSA) is 89.2 Å². The summed E-state index contributed by atoms with van der Waals surface area (Å²) < 4.78 is 2.87. The van der Waals surface area contributed by atoms with Crippen LogP contribution in [0.3, 0.4) is 0 Å². The van der Waals surface area contributed by atoms with Gasteiger partial charge in [-0.3, -0.25) is 14.4 Å². The molecule has 28 heavy (non-hydrogen) atoms. The highest BCUT2D eigenvalue weighted by molar-refractivity contribution is 5.93. The van der Waals surface area contributed by atoms with E-state index in [1.807, 2.05) is 13.8 Å². The number of nitrogens with one attached hydrogen (secondary N) is 1. The zero-order chi connectivity index (χ0) is 20.3. The van der Waals surface area contributed by atoms with E-state index in [2.05, 4.69) is 15.3 Å². The maximum Gasteiger partial charge on any atom is 0.267 e. The number of pyridine rings is 1. The lowest BCUT2D eigenvalue weighted by Gasteiger charge is -2.36. The molecule has 8 heteroatoms. The van der Waals surface area contributed by atoms with Crippen LogP contribution in [0.2, 0.25) is 0 Å². The molecule has 0 bridgehead atoms. The van der Waals surface area contributed by atoms with Gasteiger partial charge >= 0.3 is 0 Å². The number of piperidine rings is 1. The number of aryl methyl sites for hydroxylation is 1. The minimum atomic E-state index is -0.369. The third-order valence-electron chi connectivity index (χ3n) is 5.09. The molecule has 3 heterocycles. The zero-order valence-electron chi connectivity index (χ0n) is 16.6. The van der Waals surface area contributed by atoms with E-state index in [-0.39, 0.29) is 34.7 Å². The predicted molar refractivity (Wildman–Crippen MR) is 108 cm³/mol. The van der Waals surface area contributed by atoms with Crippen LogP contribution < -0.4 is 21.3 Å². The smallest absolute Gasteiger partial charge is 0.267 e. The van der Waals surface area contributed by atoms with Crippen LogP contribution >= 0.6 is 0 Å². The number of aromatic nitrogens is 3. The molecular formula is C20H27N5O3. The van der Waals surface area contributed by atoms with Crippen LogP contribution in [-0.4, -0.2) is 39.4 Å². The maximum atomic E-state index is 12.5. The van der Waals surface area contributed by atoms with Gasteiger partial charge in [0.2, 0.25) is 0 Å². The monoisotopic (exact) mass is 385 g/mol. The summed E-state index contributed by atoms with van der Waals surface area (Å²) in [4.78, 5) is 38.8. The molecule has 1 aliphatic rings. The first-order chi connectivity index (χ1) is 13.4. The number of hydrogen-bond donors (Lipinski definition) is 1. The van der Waals surface area contributed by atoms with Gasteiger partial charge in [0, 0.05) is 38.4 Å². The Balaban J connectivity index is 1.76. The van der Waals surface area contributed by atoms with Crippen molar-refractivity contribution in [2.75, 3.05) is 18.0 Å². The normalized spacial score (nSPS) is 17.0. The molecule has 2 aromatic heterocycles. The minimum absolute atomic E-state index is 0.0234. The Hall–Kier alpha value is -2.90. The molecule has 150 valence electrons. The number of amides is 1. The van der Waals surface area contributed by atoms with E-state index in [9.17, 15) is 14.4 Å². The Morgan fingerprint density at radius 1 is 1.25 bits per heavy atom. The molecule has 1 amide bonds. The lowest BCUT2D eigenvalue weighted by molar-refractivity contribution is 0.0947. The number of hydrogen-bond acceptors (Lipinski definition) is 5. The summed E-state index contributed by atoms with van der Waals surface area (Å²) in [7, 11) is 1.62. The van der Waals surface area contributed by atoms with Gasteiger partial charge in [-0.15, -0.1) is 0 Å². The Morgan fingerprint density at radius 2 is 2.04 bits per heavy atom. The number of nitrogens with zero attached hydrogens (tertiary/aromatic N) is 4. The second-order valence-electron chi connectivity index (χ2n) is 7.46. The largest absolute Gasteiger partial charge is 0.350 e. The summed E-state index contributed by atoms with van der Waals surface area (Å²) in [6, 6.07) is 6.55. The predicted octanol–water partition coefficient (Wildman–Crippen LogP) is 1.31. The fourth-order valence-corrected chi connectivity index (χ4v) is 3.53. The van der Waals surface area contributed by atoms with Crippen molar-refractivity contribution in [2.45, 2.75) is 45.2 Å². The summed E-state index contributed by atoms with van der Waals surface area (Å²) in [5.74, 6) is 0.370. The summed E-state index contributed by atoms with van der Waals surface area (Å²) in [5, 5.41) is 7.42. The van der Waals surface area contributed by atoms with E-state index >= 15 is 0 Å². The number of anilines is 1. The molecule has 1 aliphatic heterocycles. The second-order valence-corrected chi connectivity index (χ2v) is 7.46. The number of rotatable bonds is 5. The highest BCUT2D eigenvalue weighted by Crippen LogP contribution is 2.22. The van der Waals surface area contributed by atoms with E-state index in [1.165, 1.54) is 15.3 Å². The van der Waals surface area contributed by atoms with Crippen molar-refractivity contribution in [1.29, 1.82) is 0 Å². The average molecular weight is 385 g/mol. The Bertz CT molecular complexity index is 963. The van der Waals surface area contributed by atoms with Crippen LogP contribution in [0.5, 0.6) is 0 Å². The van der Waals surface area contributed by atoms with Gasteiger partial charge in [0.25, 0.3) is 17.0 Å². The van der Waals surface area contributed by atoms with Gasteiger partial charge in [-0.25, -0.2) is 4.68 Å². The van der Waals surface area contributed by atoms with Gasteiger partial charge in [0.15, 0.2) is 0 Å². The lowest BCUT2D eigenvalue weighted by Crippen LogP contribution is -2.48. The highest BCUT2D eigenvalue weighted by atomic mass is 16.2. The SMILES string of the molecule is CC(C)n1nc(N2CCCCC2CNC(=O)c2cccn(C)c2=O)ccc1=O. The van der Waals surface area contributed by atoms with Crippen LogP contribution in [0.15, 0.2) is 40.1 Å². The molecule has 3 rings (SSSR count). The lowest BCUT2D eigenvalue weighted by atomic mass is 10.0. The summed E-state index contributed by atoms with van der Waals surface area (Å²) >= 11 is 0. The molecule has 0 radical (unpaired) electrons. The Morgan fingerprint density at radius 3 is 2.79 bits per heavy atom. The fourth-order valence-electron chi connectivity index (χ4n) is 3.53. The van der Waals surface area contributed by atoms with Gasteiger partial charge in [0.1, 0.15) is 11.4 Å². The van der Waals surface area contributed by atoms with Crippen molar-refractivity contribution in [3.63, 3.8) is 0 Å². The minimum Gasteiger partial charge on any atom is -0.350 e. The van der Waals surface area contributed by atoms with Crippen LogP contribution in [0.1, 0.15) is 49.5 Å². The maximum absolute atomic E-state index is 12.5. The second kappa shape index (κ2) is 8.41. The molecule has 8 nitrogen and oxygen atoms in total. The van der Waals surface area contributed by atoms with E-state index in [1.54, 1.807) is 31.4 Å². The van der Waals surface area contributed by atoms with Crippen molar-refractivity contribution >= 4 is 11.7 Å². The van der Waals surface area contributed by atoms with Crippen LogP contribution in [0, 0.1) is 0 Å². The fraction of sp³-hybridized carbons (Fsp3) is 0.500. The first-order valence-electron chi connectivity index (χ1n) is 9.69. The molecule has 0 saturated carbocycles. The summed E-state index contributed by atoms with van der Waals surface area (Å²) in [5.41, 5.74) is -0.300. The standard InChI is InChI=1S/C20H27N5O3/c1-14(2)25-18(26)10-9-17(22-25)24-12-5-4-7-15(24)13-21-19(27)16-8-6-11-23(3)20(16)28/h6,8-11,14-15H,4-5,7,12-13H2,1-3H3,(H,21,27). The third-order valence-corrected chi connectivity index (χ3v) is 5.09. The van der Waals surface area contributed by atoms with E-state index in [4.69, 9.17) is 0 Å². The molecule has 0 spiro atoms. The van der Waals surface area contributed by atoms with Gasteiger partial charge in [0.05, 0.1) is 6.04 Å². The first kappa shape index (κ1) is 19.9. The summed E-state index contributed by atoms with van der Waals surface area (Å²) in [6.45, 7) is 5.08. The van der Waals surface area contributed by atoms with Gasteiger partial charge in [-0.1, -0.05) is 0 Å². The van der Waals surface area contributed by atoms with Crippen molar-refractivity contribution in [2.24, 2.45) is 7.05 Å². The van der Waals surface area contributed by atoms with Crippen LogP contribution in [-0.2, 0) is 7.05 Å². The summed E-state index contributed by atoms with van der Waals surface area (Å²) in [6.07, 6.45) is 4.63. The molecule has 1 atom stereocenters. The van der Waals surface area contributed by atoms with Gasteiger partial charge < -0.3 is 14.8 Å². The van der Waals surface area contributed by atoms with Crippen molar-refractivity contribution < 1.29 is 4.79 Å². The van der Waals surface area contributed by atoms with E-state index in [0.29, 0.717) is 6.54 Å². The van der Waals surface area contributed by atoms with E-state index < -0.39 is 0 Å². The first-order valence-corrected chi connectivity index (χ1v) is 9.69. The van der Waals surface area contributed by atoms with Crippen molar-refractivity contribution in [3.8, 4) is 0 Å². The van der Waals surface area contributed by atoms with Gasteiger partial charge in [-0.2, -0.15) is 5.10 Å². The number of carbonyl (C=O) groups excluding carboxylic acids is 1. The average Bonchev–Trinajstić information content (AvgIpc) is 2.68. The van der Waals surface area contributed by atoms with E-state index in [0.717, 1.165) is 31.6 Å². The van der Waals surface area contributed by atoms with Gasteiger partial charge in [-0.05, 0) is 51.3 Å². The number of carbonyl (C=O) groups is 1. The Labute approximate surface area is 163 Å². The molecular weight excluding hydrogens is 358 g/mol. The quantitative estimate of drug-likeness (QED) is 0.838. The third kappa shape index (κ3) is 4.16. The van der Waals surface area contributed by atoms with Crippen molar-refractivity contribution in [3.05, 3.63) is 56.7 Å². The molecule has 1 N–H and O–H groups in total. The van der Waals surface area contributed by atoms with Crippen LogP contribution in [0.4, 0.5) is 5.82 Å². The van der Waals surface area contributed by atoms with Crippen molar-refractivity contribution in [1.82, 2.24) is 19.7 Å². The molecule has 1 fully saturated rings. The molecule has 2 aromatic rings. The molecule has 1 saturated heterocycles. The zero-order valence-corrected chi connectivity index (χ0v) is 16.6. The Kier molecular flexibility index (Phi) is 5.96. The molecule has 0 aromatic carbocycles.